The molecule has 9 heteroatoms. The molecule has 0 radical (unpaired) electrons. The van der Waals surface area contributed by atoms with Crippen LogP contribution in [-0.4, -0.2) is 28.5 Å². The zero-order chi connectivity index (χ0) is 26.6. The zero-order valence-electron chi connectivity index (χ0n) is 19.8. The molecule has 6 nitrogen and oxygen atoms in total. The number of nitrogens with one attached hydrogen (secondary N) is 1. The van der Waals surface area contributed by atoms with Gasteiger partial charge in [0, 0.05) is 6.07 Å². The topological polar surface area (TPSA) is 75.7 Å². The molecule has 38 heavy (non-hydrogen) atoms. The van der Waals surface area contributed by atoms with Crippen molar-refractivity contribution in [1.29, 1.82) is 0 Å². The molecule has 1 N–H and O–H groups in total. The highest BCUT2D eigenvalue weighted by Gasteiger charge is 2.36. The van der Waals surface area contributed by atoms with E-state index in [-0.39, 0.29) is 10.6 Å². The average molecular weight is 531 g/mol. The van der Waals surface area contributed by atoms with Gasteiger partial charge in [-0.25, -0.2) is 8.78 Å². The number of amides is 3. The van der Waals surface area contributed by atoms with E-state index in [1.807, 2.05) is 36.4 Å². The molecule has 0 aliphatic carbocycles. The molecule has 0 saturated carbocycles. The van der Waals surface area contributed by atoms with Crippen LogP contribution in [0, 0.1) is 11.6 Å². The molecule has 0 aromatic heterocycles. The number of hydrogen-bond donors (Lipinski definition) is 1. The molecule has 1 heterocycles. The molecule has 0 bridgehead atoms. The summed E-state index contributed by atoms with van der Waals surface area (Å²) in [5, 5.41) is 3.88. The largest absolute Gasteiger partial charge is 0.489 e. The molecule has 4 aromatic rings. The van der Waals surface area contributed by atoms with Crippen molar-refractivity contribution in [3.63, 3.8) is 0 Å². The van der Waals surface area contributed by atoms with E-state index in [1.165, 1.54) is 0 Å². The Bertz CT molecular complexity index is 1580. The number of rotatable bonds is 7. The third-order valence-corrected chi connectivity index (χ3v) is 6.74. The summed E-state index contributed by atoms with van der Waals surface area (Å²) >= 11 is 0.706. The Morgan fingerprint density at radius 1 is 0.947 bits per heavy atom. The maximum atomic E-state index is 13.8. The summed E-state index contributed by atoms with van der Waals surface area (Å²) in [4.78, 5) is 38.3. The van der Waals surface area contributed by atoms with Crippen molar-refractivity contribution in [3.05, 3.63) is 113 Å². The van der Waals surface area contributed by atoms with Gasteiger partial charge in [-0.05, 0) is 64.0 Å². The number of nitrogens with zero attached hydrogens (tertiary/aromatic N) is 1. The van der Waals surface area contributed by atoms with Crippen LogP contribution in [0.1, 0.15) is 11.1 Å². The van der Waals surface area contributed by atoms with Crippen LogP contribution in [-0.2, 0) is 16.2 Å². The van der Waals surface area contributed by atoms with Gasteiger partial charge in [0.2, 0.25) is 5.91 Å². The highest BCUT2D eigenvalue weighted by atomic mass is 32.2. The van der Waals surface area contributed by atoms with Crippen LogP contribution in [0.4, 0.5) is 19.3 Å². The summed E-state index contributed by atoms with van der Waals surface area (Å²) in [6.45, 7) is -0.205. The predicted molar refractivity (Wildman–Crippen MR) is 142 cm³/mol. The number of thioether (sulfide) groups is 1. The van der Waals surface area contributed by atoms with E-state index in [2.05, 4.69) is 11.4 Å². The maximum Gasteiger partial charge on any atom is 0.294 e. The third kappa shape index (κ3) is 5.57. The van der Waals surface area contributed by atoms with Gasteiger partial charge < -0.3 is 10.1 Å². The van der Waals surface area contributed by atoms with Crippen LogP contribution >= 0.6 is 11.8 Å². The molecule has 0 unspecified atom stereocenters. The highest BCUT2D eigenvalue weighted by Crippen LogP contribution is 2.32. The van der Waals surface area contributed by atoms with Gasteiger partial charge in [-0.1, -0.05) is 54.6 Å². The molecule has 1 fully saturated rings. The summed E-state index contributed by atoms with van der Waals surface area (Å²) in [7, 11) is 0. The molecule has 0 atom stereocenters. The lowest BCUT2D eigenvalue weighted by Gasteiger charge is -2.12. The van der Waals surface area contributed by atoms with Crippen LogP contribution in [0.3, 0.4) is 0 Å². The minimum atomic E-state index is -0.961. The second kappa shape index (κ2) is 10.9. The SMILES string of the molecule is O=C(CN1C(=O)S/C(=C/c2ccc(OCc3cccc4ccccc34)cc2)C1=O)Nc1ccc(F)cc1F. The Labute approximate surface area is 220 Å². The first-order chi connectivity index (χ1) is 18.4. The first-order valence-electron chi connectivity index (χ1n) is 11.6. The molecule has 0 spiro atoms. The fourth-order valence-electron chi connectivity index (χ4n) is 3.95. The van der Waals surface area contributed by atoms with E-state index in [9.17, 15) is 23.2 Å². The molecule has 5 rings (SSSR count). The van der Waals surface area contributed by atoms with Gasteiger partial charge in [0.15, 0.2) is 0 Å². The van der Waals surface area contributed by atoms with Crippen molar-refractivity contribution in [2.75, 3.05) is 11.9 Å². The molecule has 1 saturated heterocycles. The minimum Gasteiger partial charge on any atom is -0.489 e. The second-order valence-corrected chi connectivity index (χ2v) is 9.43. The average Bonchev–Trinajstić information content (AvgIpc) is 3.17. The fourth-order valence-corrected chi connectivity index (χ4v) is 4.79. The molecule has 190 valence electrons. The Balaban J connectivity index is 1.21. The highest BCUT2D eigenvalue weighted by molar-refractivity contribution is 8.18. The van der Waals surface area contributed by atoms with Crippen LogP contribution in [0.25, 0.3) is 16.8 Å². The number of benzene rings is 4. The molecular formula is C29H20F2N2O4S. The van der Waals surface area contributed by atoms with E-state index >= 15 is 0 Å². The molecule has 1 aliphatic rings. The van der Waals surface area contributed by atoms with Gasteiger partial charge in [0.05, 0.1) is 10.6 Å². The molecule has 3 amide bonds. The zero-order valence-corrected chi connectivity index (χ0v) is 20.6. The number of fused-ring (bicyclic) bond motifs is 1. The number of hydrogen-bond acceptors (Lipinski definition) is 5. The van der Waals surface area contributed by atoms with Crippen molar-refractivity contribution < 1.29 is 27.9 Å². The lowest BCUT2D eigenvalue weighted by molar-refractivity contribution is -0.127. The van der Waals surface area contributed by atoms with E-state index in [0.29, 0.717) is 35.7 Å². The van der Waals surface area contributed by atoms with E-state index in [1.54, 1.807) is 30.3 Å². The monoisotopic (exact) mass is 530 g/mol. The third-order valence-electron chi connectivity index (χ3n) is 5.83. The van der Waals surface area contributed by atoms with Crippen LogP contribution in [0.5, 0.6) is 5.75 Å². The number of anilines is 1. The first-order valence-corrected chi connectivity index (χ1v) is 12.4. The number of carbonyl (C=O) groups is 3. The summed E-state index contributed by atoms with van der Waals surface area (Å²) in [6.07, 6.45) is 1.55. The van der Waals surface area contributed by atoms with Crippen molar-refractivity contribution in [3.8, 4) is 5.75 Å². The maximum absolute atomic E-state index is 13.8. The number of carbonyl (C=O) groups excluding carboxylic acids is 3. The number of halogens is 2. The first kappa shape index (κ1) is 25.2. The summed E-state index contributed by atoms with van der Waals surface area (Å²) < 4.78 is 32.8. The van der Waals surface area contributed by atoms with Gasteiger partial charge in [0.1, 0.15) is 30.5 Å². The Morgan fingerprint density at radius 3 is 2.50 bits per heavy atom. The summed E-state index contributed by atoms with van der Waals surface area (Å²) in [5.41, 5.74) is 1.49. The van der Waals surface area contributed by atoms with Crippen LogP contribution in [0.15, 0.2) is 89.8 Å². The van der Waals surface area contributed by atoms with Crippen molar-refractivity contribution in [1.82, 2.24) is 4.90 Å². The standard InChI is InChI=1S/C29H20F2N2O4S/c30-21-10-13-25(24(31)15-21)32-27(34)16-33-28(35)26(38-29(33)36)14-18-8-11-22(12-9-18)37-17-20-6-3-5-19-4-1-2-7-23(19)20/h1-15H,16-17H2,(H,32,34)/b26-14+. The van der Waals surface area contributed by atoms with Gasteiger partial charge >= 0.3 is 0 Å². The van der Waals surface area contributed by atoms with E-state index in [4.69, 9.17) is 4.74 Å². The lowest BCUT2D eigenvalue weighted by Crippen LogP contribution is -2.36. The van der Waals surface area contributed by atoms with Gasteiger partial charge in [-0.3, -0.25) is 19.3 Å². The van der Waals surface area contributed by atoms with Crippen LogP contribution in [0.2, 0.25) is 0 Å². The number of ether oxygens (including phenoxy) is 1. The van der Waals surface area contributed by atoms with Gasteiger partial charge in [0.25, 0.3) is 11.1 Å². The summed E-state index contributed by atoms with van der Waals surface area (Å²) in [5.74, 6) is -2.52. The van der Waals surface area contributed by atoms with E-state index < -0.39 is 35.2 Å². The normalized spacial score (nSPS) is 14.4. The molecule has 1 aliphatic heterocycles. The number of imide groups is 1. The van der Waals surface area contributed by atoms with E-state index in [0.717, 1.165) is 33.4 Å². The fraction of sp³-hybridized carbons (Fsp3) is 0.0690. The Kier molecular flexibility index (Phi) is 7.19. The second-order valence-electron chi connectivity index (χ2n) is 8.44. The Hall–Kier alpha value is -4.50. The van der Waals surface area contributed by atoms with Gasteiger partial charge in [-0.15, -0.1) is 0 Å². The lowest BCUT2D eigenvalue weighted by atomic mass is 10.1. The van der Waals surface area contributed by atoms with Crippen molar-refractivity contribution in [2.45, 2.75) is 6.61 Å². The molecular weight excluding hydrogens is 510 g/mol. The van der Waals surface area contributed by atoms with Gasteiger partial charge in [-0.2, -0.15) is 0 Å². The quantitative estimate of drug-likeness (QED) is 0.281. The minimum absolute atomic E-state index is 0.153. The summed E-state index contributed by atoms with van der Waals surface area (Å²) in [6, 6.07) is 23.9. The smallest absolute Gasteiger partial charge is 0.294 e. The van der Waals surface area contributed by atoms with Crippen molar-refractivity contribution in [2.24, 2.45) is 0 Å². The molecule has 4 aromatic carbocycles. The predicted octanol–water partition coefficient (Wildman–Crippen LogP) is 6.37. The van der Waals surface area contributed by atoms with Crippen molar-refractivity contribution >= 4 is 51.4 Å². The van der Waals surface area contributed by atoms with Crippen LogP contribution < -0.4 is 10.1 Å². The Morgan fingerprint density at radius 2 is 1.71 bits per heavy atom.